The van der Waals surface area contributed by atoms with Crippen LogP contribution in [0.1, 0.15) is 22.8 Å². The molecule has 0 saturated carbocycles. The molecule has 0 aliphatic rings. The molecule has 0 unspecified atom stereocenters. The molecule has 0 saturated heterocycles. The molecule has 1 heterocycles. The third kappa shape index (κ3) is 6.59. The molecule has 0 fully saturated rings. The van der Waals surface area contributed by atoms with Crippen LogP contribution >= 0.6 is 0 Å². The van der Waals surface area contributed by atoms with Crippen molar-refractivity contribution in [2.75, 3.05) is 25.5 Å². The molecule has 0 aliphatic heterocycles. The van der Waals surface area contributed by atoms with Crippen molar-refractivity contribution in [1.29, 1.82) is 0 Å². The first-order chi connectivity index (χ1) is 15.9. The largest absolute Gasteiger partial charge is 0.462 e. The van der Waals surface area contributed by atoms with E-state index in [1.807, 2.05) is 18.2 Å². The Kier molecular flexibility index (Phi) is 8.09. The van der Waals surface area contributed by atoms with Crippen LogP contribution in [-0.4, -0.2) is 53.4 Å². The van der Waals surface area contributed by atoms with E-state index in [2.05, 4.69) is 15.2 Å². The number of hydrogen-bond donors (Lipinski definition) is 1. The maximum atomic E-state index is 12.8. The van der Waals surface area contributed by atoms with E-state index in [0.717, 1.165) is 5.56 Å². The summed E-state index contributed by atoms with van der Waals surface area (Å²) in [5, 5.41) is 7.00. The predicted molar refractivity (Wildman–Crippen MR) is 118 cm³/mol. The second kappa shape index (κ2) is 11.2. The molecule has 3 rings (SSSR count). The number of nitrogens with one attached hydrogen (secondary N) is 1. The lowest BCUT2D eigenvalue weighted by molar-refractivity contribution is -0.117. The number of para-hydroxylation sites is 1. The van der Waals surface area contributed by atoms with Gasteiger partial charge in [0.15, 0.2) is 5.82 Å². The smallest absolute Gasteiger partial charge is 0.387 e. The van der Waals surface area contributed by atoms with Gasteiger partial charge in [-0.1, -0.05) is 30.3 Å². The van der Waals surface area contributed by atoms with Gasteiger partial charge in [-0.25, -0.2) is 9.48 Å². The average molecular weight is 458 g/mol. The molecule has 174 valence electrons. The highest BCUT2D eigenvalue weighted by atomic mass is 19.3. The minimum Gasteiger partial charge on any atom is -0.462 e. The minimum absolute atomic E-state index is 0.0114. The molecule has 0 atom stereocenters. The number of alkyl halides is 2. The minimum atomic E-state index is -2.88. The first-order valence-electron chi connectivity index (χ1n) is 10.2. The molecular formula is C23H24F2N4O4. The van der Waals surface area contributed by atoms with Crippen molar-refractivity contribution in [3.63, 3.8) is 0 Å². The molecule has 0 spiro atoms. The van der Waals surface area contributed by atoms with Crippen LogP contribution in [0.15, 0.2) is 60.8 Å². The molecule has 1 N–H and O–H groups in total. The first-order valence-corrected chi connectivity index (χ1v) is 10.2. The Bertz CT molecular complexity index is 1070. The van der Waals surface area contributed by atoms with Crippen molar-refractivity contribution in [3.8, 4) is 11.4 Å². The SMILES string of the molecule is CCOC(=O)c1cnn(-c2ccccc2)c1NC(=O)CN(C)Cc1ccc(OC(F)F)cc1. The third-order valence-electron chi connectivity index (χ3n) is 4.54. The van der Waals surface area contributed by atoms with E-state index in [1.165, 1.54) is 23.0 Å². The lowest BCUT2D eigenvalue weighted by Gasteiger charge is -2.17. The van der Waals surface area contributed by atoms with E-state index in [1.54, 1.807) is 43.1 Å². The van der Waals surface area contributed by atoms with Gasteiger partial charge in [0.2, 0.25) is 5.91 Å². The van der Waals surface area contributed by atoms with Crippen LogP contribution in [0.4, 0.5) is 14.6 Å². The molecule has 1 aromatic heterocycles. The van der Waals surface area contributed by atoms with Gasteiger partial charge in [-0.15, -0.1) is 0 Å². The van der Waals surface area contributed by atoms with Gasteiger partial charge < -0.3 is 14.8 Å². The summed E-state index contributed by atoms with van der Waals surface area (Å²) in [5.41, 5.74) is 1.63. The second-order valence-electron chi connectivity index (χ2n) is 7.12. The molecule has 33 heavy (non-hydrogen) atoms. The number of aromatic nitrogens is 2. The fraction of sp³-hybridized carbons (Fsp3) is 0.261. The van der Waals surface area contributed by atoms with Crippen LogP contribution < -0.4 is 10.1 Å². The third-order valence-corrected chi connectivity index (χ3v) is 4.54. The van der Waals surface area contributed by atoms with E-state index in [4.69, 9.17) is 4.74 Å². The van der Waals surface area contributed by atoms with Gasteiger partial charge in [0.1, 0.15) is 11.3 Å². The molecule has 0 bridgehead atoms. The highest BCUT2D eigenvalue weighted by Gasteiger charge is 2.22. The van der Waals surface area contributed by atoms with Gasteiger partial charge in [0.05, 0.1) is 25.0 Å². The number of carbonyl (C=O) groups excluding carboxylic acids is 2. The van der Waals surface area contributed by atoms with Crippen molar-refractivity contribution < 1.29 is 27.8 Å². The van der Waals surface area contributed by atoms with E-state index in [-0.39, 0.29) is 36.2 Å². The Balaban J connectivity index is 1.70. The van der Waals surface area contributed by atoms with Gasteiger partial charge in [0.25, 0.3) is 0 Å². The van der Waals surface area contributed by atoms with Crippen LogP contribution in [0, 0.1) is 0 Å². The van der Waals surface area contributed by atoms with Gasteiger partial charge in [0, 0.05) is 6.54 Å². The van der Waals surface area contributed by atoms with E-state index < -0.39 is 12.6 Å². The van der Waals surface area contributed by atoms with Crippen LogP contribution in [0.3, 0.4) is 0 Å². The highest BCUT2D eigenvalue weighted by molar-refractivity contribution is 6.01. The molecule has 1 amide bonds. The number of carbonyl (C=O) groups is 2. The monoisotopic (exact) mass is 458 g/mol. The molecular weight excluding hydrogens is 434 g/mol. The summed E-state index contributed by atoms with van der Waals surface area (Å²) in [6.45, 7) is -0.597. The number of nitrogens with zero attached hydrogens (tertiary/aromatic N) is 3. The number of rotatable bonds is 10. The number of likely N-dealkylation sites (N-methyl/N-ethyl adjacent to an activating group) is 1. The summed E-state index contributed by atoms with van der Waals surface area (Å²) in [6.07, 6.45) is 1.35. The van der Waals surface area contributed by atoms with Crippen LogP contribution in [0.5, 0.6) is 5.75 Å². The zero-order valence-electron chi connectivity index (χ0n) is 18.2. The predicted octanol–water partition coefficient (Wildman–Crippen LogP) is 3.72. The second-order valence-corrected chi connectivity index (χ2v) is 7.12. The first kappa shape index (κ1) is 23.9. The standard InChI is InChI=1S/C23H24F2N4O4/c1-3-32-22(31)19-13-26-29(17-7-5-4-6-8-17)21(19)27-20(30)15-28(2)14-16-9-11-18(12-10-16)33-23(24)25/h4-13,23H,3,14-15H2,1-2H3,(H,27,30). The van der Waals surface area contributed by atoms with E-state index >= 15 is 0 Å². The van der Waals surface area contributed by atoms with Crippen LogP contribution in [0.2, 0.25) is 0 Å². The van der Waals surface area contributed by atoms with Crippen LogP contribution in [0.25, 0.3) is 5.69 Å². The number of hydrogen-bond acceptors (Lipinski definition) is 6. The lowest BCUT2D eigenvalue weighted by Crippen LogP contribution is -2.31. The number of esters is 1. The molecule has 3 aromatic rings. The fourth-order valence-electron chi connectivity index (χ4n) is 3.15. The Morgan fingerprint density at radius 1 is 1.12 bits per heavy atom. The van der Waals surface area contributed by atoms with Crippen molar-refractivity contribution in [2.24, 2.45) is 0 Å². The Hall–Kier alpha value is -3.79. The topological polar surface area (TPSA) is 85.7 Å². The number of ether oxygens (including phenoxy) is 2. The van der Waals surface area contributed by atoms with E-state index in [9.17, 15) is 18.4 Å². The molecule has 2 aromatic carbocycles. The van der Waals surface area contributed by atoms with Crippen molar-refractivity contribution in [3.05, 3.63) is 71.9 Å². The van der Waals surface area contributed by atoms with Crippen LogP contribution in [-0.2, 0) is 16.1 Å². The summed E-state index contributed by atoms with van der Waals surface area (Å²) in [6, 6.07) is 15.3. The van der Waals surface area contributed by atoms with Crippen molar-refractivity contribution >= 4 is 17.7 Å². The van der Waals surface area contributed by atoms with Crippen molar-refractivity contribution in [2.45, 2.75) is 20.1 Å². The summed E-state index contributed by atoms with van der Waals surface area (Å²) < 4.78 is 35.4. The molecule has 10 heteroatoms. The summed E-state index contributed by atoms with van der Waals surface area (Å²) in [4.78, 5) is 26.8. The number of benzene rings is 2. The zero-order valence-corrected chi connectivity index (χ0v) is 18.2. The van der Waals surface area contributed by atoms with Gasteiger partial charge in [-0.2, -0.15) is 13.9 Å². The Morgan fingerprint density at radius 2 is 1.82 bits per heavy atom. The van der Waals surface area contributed by atoms with Gasteiger partial charge in [-0.3, -0.25) is 9.69 Å². The van der Waals surface area contributed by atoms with E-state index in [0.29, 0.717) is 12.2 Å². The number of halogens is 2. The maximum absolute atomic E-state index is 12.8. The summed E-state index contributed by atoms with van der Waals surface area (Å²) in [7, 11) is 1.74. The maximum Gasteiger partial charge on any atom is 0.387 e. The number of anilines is 1. The zero-order chi connectivity index (χ0) is 23.8. The number of amides is 1. The Labute approximate surface area is 189 Å². The molecule has 0 radical (unpaired) electrons. The molecule has 0 aliphatic carbocycles. The summed E-state index contributed by atoms with van der Waals surface area (Å²) >= 11 is 0. The fourth-order valence-corrected chi connectivity index (χ4v) is 3.15. The normalized spacial score (nSPS) is 11.0. The van der Waals surface area contributed by atoms with Gasteiger partial charge >= 0.3 is 12.6 Å². The molecule has 8 nitrogen and oxygen atoms in total. The summed E-state index contributed by atoms with van der Waals surface area (Å²) in [5.74, 6) is -0.672. The lowest BCUT2D eigenvalue weighted by atomic mass is 10.2. The quantitative estimate of drug-likeness (QED) is 0.466. The Morgan fingerprint density at radius 3 is 2.45 bits per heavy atom. The van der Waals surface area contributed by atoms with Crippen molar-refractivity contribution in [1.82, 2.24) is 14.7 Å². The van der Waals surface area contributed by atoms with Gasteiger partial charge in [-0.05, 0) is 43.8 Å². The average Bonchev–Trinajstić information content (AvgIpc) is 3.19. The highest BCUT2D eigenvalue weighted by Crippen LogP contribution is 2.21.